The summed E-state index contributed by atoms with van der Waals surface area (Å²) in [5, 5.41) is 10.4. The Hall–Kier alpha value is -2.58. The minimum atomic E-state index is -0.186. The van der Waals surface area contributed by atoms with Crippen LogP contribution in [0.3, 0.4) is 0 Å². The number of hydrogen-bond donors (Lipinski definition) is 2. The molecule has 0 saturated carbocycles. The fourth-order valence-corrected chi connectivity index (χ4v) is 3.57. The Balaban J connectivity index is 1.89. The molecule has 2 aromatic heterocycles. The SMILES string of the molecule is C=CCn1c(-c2sc(NC(=O)c3cccc(C)c3)nc2C)n[nH]c1=S. The molecule has 3 aromatic rings. The number of amides is 1. The molecule has 2 heterocycles. The lowest BCUT2D eigenvalue weighted by Gasteiger charge is -2.02. The Morgan fingerprint density at radius 3 is 3.00 bits per heavy atom. The molecule has 0 saturated heterocycles. The highest BCUT2D eigenvalue weighted by molar-refractivity contribution is 7.71. The van der Waals surface area contributed by atoms with E-state index in [1.165, 1.54) is 11.3 Å². The second kappa shape index (κ2) is 7.12. The van der Waals surface area contributed by atoms with Gasteiger partial charge in [-0.2, -0.15) is 5.10 Å². The Labute approximate surface area is 154 Å². The highest BCUT2D eigenvalue weighted by atomic mass is 32.1. The molecule has 0 fully saturated rings. The summed E-state index contributed by atoms with van der Waals surface area (Å²) in [6.07, 6.45) is 1.76. The van der Waals surface area contributed by atoms with Crippen LogP contribution in [0.15, 0.2) is 36.9 Å². The van der Waals surface area contributed by atoms with Gasteiger partial charge in [0, 0.05) is 12.1 Å². The van der Waals surface area contributed by atoms with E-state index in [1.54, 1.807) is 12.1 Å². The van der Waals surface area contributed by atoms with Gasteiger partial charge < -0.3 is 0 Å². The van der Waals surface area contributed by atoms with Gasteiger partial charge in [0.05, 0.1) is 10.6 Å². The number of carbonyl (C=O) groups is 1. The van der Waals surface area contributed by atoms with Crippen molar-refractivity contribution in [2.45, 2.75) is 20.4 Å². The van der Waals surface area contributed by atoms with Crippen molar-refractivity contribution < 1.29 is 4.79 Å². The van der Waals surface area contributed by atoms with E-state index < -0.39 is 0 Å². The third kappa shape index (κ3) is 3.59. The molecule has 3 rings (SSSR count). The maximum atomic E-state index is 12.4. The van der Waals surface area contributed by atoms with Crippen molar-refractivity contribution in [3.05, 3.63) is 58.5 Å². The van der Waals surface area contributed by atoms with Crippen molar-refractivity contribution in [3.8, 4) is 10.7 Å². The zero-order valence-corrected chi connectivity index (χ0v) is 15.5. The largest absolute Gasteiger partial charge is 0.298 e. The average molecular weight is 371 g/mol. The minimum Gasteiger partial charge on any atom is -0.298 e. The summed E-state index contributed by atoms with van der Waals surface area (Å²) >= 11 is 6.61. The predicted octanol–water partition coefficient (Wildman–Crippen LogP) is 4.12. The van der Waals surface area contributed by atoms with E-state index in [-0.39, 0.29) is 5.91 Å². The van der Waals surface area contributed by atoms with Crippen LogP contribution in [-0.2, 0) is 6.54 Å². The normalized spacial score (nSPS) is 10.6. The summed E-state index contributed by atoms with van der Waals surface area (Å²) < 4.78 is 2.36. The summed E-state index contributed by atoms with van der Waals surface area (Å²) in [6, 6.07) is 7.42. The number of aromatic amines is 1. The van der Waals surface area contributed by atoms with Crippen LogP contribution in [-0.4, -0.2) is 25.7 Å². The fourth-order valence-electron chi connectivity index (χ4n) is 2.40. The van der Waals surface area contributed by atoms with Crippen LogP contribution in [0.4, 0.5) is 5.13 Å². The monoisotopic (exact) mass is 371 g/mol. The van der Waals surface area contributed by atoms with Crippen LogP contribution < -0.4 is 5.32 Å². The molecule has 2 N–H and O–H groups in total. The number of aromatic nitrogens is 4. The molecule has 8 heteroatoms. The van der Waals surface area contributed by atoms with Gasteiger partial charge in [0.25, 0.3) is 5.91 Å². The average Bonchev–Trinajstić information content (AvgIpc) is 3.11. The van der Waals surface area contributed by atoms with Crippen molar-refractivity contribution in [1.82, 2.24) is 19.7 Å². The second-order valence-corrected chi connectivity index (χ2v) is 6.89. The molecule has 0 spiro atoms. The smallest absolute Gasteiger partial charge is 0.257 e. The molecule has 1 aromatic carbocycles. The maximum absolute atomic E-state index is 12.4. The van der Waals surface area contributed by atoms with Gasteiger partial charge in [-0.05, 0) is 38.2 Å². The standard InChI is InChI=1S/C17H17N5OS2/c1-4-8-22-14(20-21-17(22)24)13-11(3)18-16(25-13)19-15(23)12-7-5-6-10(2)9-12/h4-7,9H,1,8H2,2-3H3,(H,21,24)(H,18,19,23). The van der Waals surface area contributed by atoms with Gasteiger partial charge in [-0.1, -0.05) is 35.1 Å². The molecule has 0 radical (unpaired) electrons. The number of benzene rings is 1. The van der Waals surface area contributed by atoms with Gasteiger partial charge in [0.1, 0.15) is 0 Å². The molecule has 0 aliphatic carbocycles. The maximum Gasteiger partial charge on any atom is 0.257 e. The van der Waals surface area contributed by atoms with E-state index in [0.717, 1.165) is 16.1 Å². The van der Waals surface area contributed by atoms with Gasteiger partial charge in [0.2, 0.25) is 0 Å². The second-order valence-electron chi connectivity index (χ2n) is 5.51. The summed E-state index contributed by atoms with van der Waals surface area (Å²) in [4.78, 5) is 17.7. The first-order valence-electron chi connectivity index (χ1n) is 7.61. The molecule has 1 amide bonds. The Morgan fingerprint density at radius 2 is 2.28 bits per heavy atom. The highest BCUT2D eigenvalue weighted by Gasteiger charge is 2.17. The Morgan fingerprint density at radius 1 is 1.48 bits per heavy atom. The van der Waals surface area contributed by atoms with Crippen molar-refractivity contribution in [1.29, 1.82) is 0 Å². The molecular formula is C17H17N5OS2. The number of H-pyrrole nitrogens is 1. The summed E-state index contributed by atoms with van der Waals surface area (Å²) in [6.45, 7) is 8.12. The summed E-state index contributed by atoms with van der Waals surface area (Å²) in [5.41, 5.74) is 2.41. The number of allylic oxidation sites excluding steroid dienone is 1. The lowest BCUT2D eigenvalue weighted by molar-refractivity contribution is 0.102. The van der Waals surface area contributed by atoms with Crippen LogP contribution in [0.5, 0.6) is 0 Å². The number of nitrogens with zero attached hydrogens (tertiary/aromatic N) is 3. The quantitative estimate of drug-likeness (QED) is 0.522. The number of nitrogens with one attached hydrogen (secondary N) is 2. The van der Waals surface area contributed by atoms with Crippen LogP contribution in [0.2, 0.25) is 0 Å². The van der Waals surface area contributed by atoms with Crippen molar-refractivity contribution in [3.63, 3.8) is 0 Å². The third-order valence-electron chi connectivity index (χ3n) is 3.57. The van der Waals surface area contributed by atoms with Crippen LogP contribution >= 0.6 is 23.6 Å². The van der Waals surface area contributed by atoms with E-state index in [0.29, 0.717) is 27.8 Å². The van der Waals surface area contributed by atoms with Crippen molar-refractivity contribution in [2.24, 2.45) is 0 Å². The van der Waals surface area contributed by atoms with Gasteiger partial charge in [-0.15, -0.1) is 6.58 Å². The van der Waals surface area contributed by atoms with Gasteiger partial charge >= 0.3 is 0 Å². The van der Waals surface area contributed by atoms with Gasteiger partial charge in [0.15, 0.2) is 15.7 Å². The molecule has 128 valence electrons. The predicted molar refractivity (Wildman–Crippen MR) is 103 cm³/mol. The molecule has 0 bridgehead atoms. The molecule has 6 nitrogen and oxygen atoms in total. The first kappa shape index (κ1) is 17.2. The number of thiazole rings is 1. The van der Waals surface area contributed by atoms with Gasteiger partial charge in [-0.25, -0.2) is 4.98 Å². The molecular weight excluding hydrogens is 354 g/mol. The van der Waals surface area contributed by atoms with Crippen molar-refractivity contribution in [2.75, 3.05) is 5.32 Å². The number of rotatable bonds is 5. The first-order chi connectivity index (χ1) is 12.0. The van der Waals surface area contributed by atoms with Gasteiger partial charge in [-0.3, -0.25) is 19.8 Å². The number of aryl methyl sites for hydroxylation is 2. The molecule has 0 unspecified atom stereocenters. The number of anilines is 1. The zero-order valence-electron chi connectivity index (χ0n) is 13.9. The van der Waals surface area contributed by atoms with Crippen molar-refractivity contribution >= 4 is 34.6 Å². The third-order valence-corrected chi connectivity index (χ3v) is 4.95. The summed E-state index contributed by atoms with van der Waals surface area (Å²) in [5.74, 6) is 0.505. The van der Waals surface area contributed by atoms with E-state index in [2.05, 4.69) is 27.1 Å². The molecule has 25 heavy (non-hydrogen) atoms. The lowest BCUT2D eigenvalue weighted by atomic mass is 10.1. The highest BCUT2D eigenvalue weighted by Crippen LogP contribution is 2.31. The minimum absolute atomic E-state index is 0.186. The van der Waals surface area contributed by atoms with E-state index in [9.17, 15) is 4.79 Å². The molecule has 0 atom stereocenters. The first-order valence-corrected chi connectivity index (χ1v) is 8.84. The topological polar surface area (TPSA) is 75.6 Å². The zero-order chi connectivity index (χ0) is 18.0. The van der Waals surface area contributed by atoms with Crippen LogP contribution in [0.25, 0.3) is 10.7 Å². The van der Waals surface area contributed by atoms with E-state index in [4.69, 9.17) is 12.2 Å². The van der Waals surface area contributed by atoms with Crippen LogP contribution in [0.1, 0.15) is 21.6 Å². The van der Waals surface area contributed by atoms with E-state index in [1.807, 2.05) is 36.6 Å². The number of hydrogen-bond acceptors (Lipinski definition) is 5. The summed E-state index contributed by atoms with van der Waals surface area (Å²) in [7, 11) is 0. The number of carbonyl (C=O) groups excluding carboxylic acids is 1. The Bertz CT molecular complexity index is 999. The molecule has 0 aliphatic rings. The lowest BCUT2D eigenvalue weighted by Crippen LogP contribution is -2.11. The molecule has 0 aliphatic heterocycles. The fraction of sp³-hybridized carbons (Fsp3) is 0.176. The van der Waals surface area contributed by atoms with Crippen LogP contribution in [0, 0.1) is 18.6 Å². The van der Waals surface area contributed by atoms with E-state index >= 15 is 0 Å². The Kier molecular flexibility index (Phi) is 4.91.